The van der Waals surface area contributed by atoms with Crippen molar-refractivity contribution in [3.8, 4) is 0 Å². The number of benzene rings is 1. The molecule has 3 rings (SSSR count). The van der Waals surface area contributed by atoms with Gasteiger partial charge in [0.25, 0.3) is 11.5 Å². The number of aromatic nitrogens is 1. The van der Waals surface area contributed by atoms with Gasteiger partial charge in [0.15, 0.2) is 0 Å². The van der Waals surface area contributed by atoms with Gasteiger partial charge in [0.2, 0.25) is 0 Å². The molecule has 1 atom stereocenters. The second-order valence-corrected chi connectivity index (χ2v) is 6.41. The van der Waals surface area contributed by atoms with Crippen molar-refractivity contribution in [1.82, 2.24) is 14.4 Å². The van der Waals surface area contributed by atoms with Gasteiger partial charge in [-0.3, -0.25) is 14.5 Å². The maximum atomic E-state index is 12.9. The highest BCUT2D eigenvalue weighted by molar-refractivity contribution is 6.06. The molecule has 1 saturated heterocycles. The lowest BCUT2D eigenvalue weighted by Crippen LogP contribution is -2.50. The predicted molar refractivity (Wildman–Crippen MR) is 93.2 cm³/mol. The number of fused-ring (bicyclic) bond motifs is 1. The van der Waals surface area contributed by atoms with Gasteiger partial charge in [0.1, 0.15) is 0 Å². The third-order valence-corrected chi connectivity index (χ3v) is 4.57. The second kappa shape index (κ2) is 6.75. The van der Waals surface area contributed by atoms with Crippen LogP contribution < -0.4 is 5.56 Å². The third kappa shape index (κ3) is 3.20. The molecular weight excluding hydrogens is 306 g/mol. The Morgan fingerprint density at radius 2 is 1.88 bits per heavy atom. The molecule has 128 valence electrons. The Balaban J connectivity index is 1.85. The van der Waals surface area contributed by atoms with Crippen LogP contribution >= 0.6 is 0 Å². The number of carbonyl (C=O) groups is 1. The van der Waals surface area contributed by atoms with Gasteiger partial charge < -0.3 is 14.6 Å². The Bertz CT molecular complexity index is 805. The summed E-state index contributed by atoms with van der Waals surface area (Å²) < 4.78 is 1.56. The minimum atomic E-state index is -0.367. The highest BCUT2D eigenvalue weighted by Gasteiger charge is 2.24. The van der Waals surface area contributed by atoms with Crippen LogP contribution in [0.25, 0.3) is 10.9 Å². The highest BCUT2D eigenvalue weighted by Crippen LogP contribution is 2.18. The van der Waals surface area contributed by atoms with Gasteiger partial charge in [-0.05, 0) is 13.0 Å². The number of aliphatic hydroxyl groups excluding tert-OH is 1. The first kappa shape index (κ1) is 16.7. The monoisotopic (exact) mass is 329 g/mol. The fourth-order valence-electron chi connectivity index (χ4n) is 3.27. The lowest BCUT2D eigenvalue weighted by molar-refractivity contribution is 0.0555. The maximum Gasteiger partial charge on any atom is 0.254 e. The summed E-state index contributed by atoms with van der Waals surface area (Å²) in [6.07, 6.45) is -0.367. The molecule has 2 aromatic rings. The Morgan fingerprint density at radius 1 is 1.21 bits per heavy atom. The van der Waals surface area contributed by atoms with Crippen LogP contribution in [0.2, 0.25) is 0 Å². The van der Waals surface area contributed by atoms with Gasteiger partial charge in [0.05, 0.1) is 17.2 Å². The first-order valence-electron chi connectivity index (χ1n) is 8.26. The van der Waals surface area contributed by atoms with E-state index in [-0.39, 0.29) is 17.6 Å². The Labute approximate surface area is 140 Å². The summed E-state index contributed by atoms with van der Waals surface area (Å²) in [5, 5.41) is 10.3. The molecule has 24 heavy (non-hydrogen) atoms. The van der Waals surface area contributed by atoms with E-state index in [1.807, 2.05) is 24.3 Å². The summed E-state index contributed by atoms with van der Waals surface area (Å²) in [7, 11) is 1.72. The minimum absolute atomic E-state index is 0.0967. The number of hydrogen-bond acceptors (Lipinski definition) is 4. The molecule has 0 unspecified atom stereocenters. The van der Waals surface area contributed by atoms with E-state index in [2.05, 4.69) is 4.90 Å². The van der Waals surface area contributed by atoms with Crippen LogP contribution in [0.3, 0.4) is 0 Å². The molecule has 1 aliphatic heterocycles. The van der Waals surface area contributed by atoms with E-state index in [0.717, 1.165) is 24.0 Å². The SMILES string of the molecule is C[C@@H](O)CN1CCN(C(=O)c2cc(=O)n(C)c3ccccc23)CC1. The number of rotatable bonds is 3. The van der Waals surface area contributed by atoms with E-state index in [4.69, 9.17) is 0 Å². The zero-order chi connectivity index (χ0) is 17.3. The Morgan fingerprint density at radius 3 is 2.54 bits per heavy atom. The van der Waals surface area contributed by atoms with Gasteiger partial charge in [-0.2, -0.15) is 0 Å². The Kier molecular flexibility index (Phi) is 4.69. The summed E-state index contributed by atoms with van der Waals surface area (Å²) in [6.45, 7) is 5.07. The third-order valence-electron chi connectivity index (χ3n) is 4.57. The van der Waals surface area contributed by atoms with Crippen molar-refractivity contribution in [3.05, 3.63) is 46.2 Å². The van der Waals surface area contributed by atoms with Crippen LogP contribution in [-0.4, -0.2) is 64.2 Å². The number of carbonyl (C=O) groups excluding carboxylic acids is 1. The van der Waals surface area contributed by atoms with Gasteiger partial charge in [0, 0.05) is 51.2 Å². The lowest BCUT2D eigenvalue weighted by Gasteiger charge is -2.35. The van der Waals surface area contributed by atoms with Crippen LogP contribution in [0.4, 0.5) is 0 Å². The molecule has 1 aromatic carbocycles. The standard InChI is InChI=1S/C18H23N3O3/c1-13(22)12-20-7-9-21(10-8-20)18(24)15-11-17(23)19(2)16-6-4-3-5-14(15)16/h3-6,11,13,22H,7-10,12H2,1-2H3/t13-/m1/s1. The smallest absolute Gasteiger partial charge is 0.254 e. The zero-order valence-corrected chi connectivity index (χ0v) is 14.1. The molecule has 0 radical (unpaired) electrons. The first-order valence-corrected chi connectivity index (χ1v) is 8.26. The first-order chi connectivity index (χ1) is 11.5. The van der Waals surface area contributed by atoms with Crippen LogP contribution in [0.1, 0.15) is 17.3 Å². The van der Waals surface area contributed by atoms with Crippen LogP contribution in [-0.2, 0) is 7.05 Å². The largest absolute Gasteiger partial charge is 0.392 e. The molecule has 6 heteroatoms. The average molecular weight is 329 g/mol. The average Bonchev–Trinajstić information content (AvgIpc) is 2.58. The molecule has 0 bridgehead atoms. The molecule has 0 aliphatic carbocycles. The molecule has 1 amide bonds. The number of nitrogens with zero attached hydrogens (tertiary/aromatic N) is 3. The zero-order valence-electron chi connectivity index (χ0n) is 14.1. The minimum Gasteiger partial charge on any atom is -0.392 e. The molecule has 0 spiro atoms. The Hall–Kier alpha value is -2.18. The highest BCUT2D eigenvalue weighted by atomic mass is 16.3. The van der Waals surface area contributed by atoms with E-state index < -0.39 is 0 Å². The summed E-state index contributed by atoms with van der Waals surface area (Å²) in [4.78, 5) is 29.0. The topological polar surface area (TPSA) is 65.8 Å². The normalized spacial score (nSPS) is 17.2. The number of pyridine rings is 1. The molecular formula is C18H23N3O3. The van der Waals surface area contributed by atoms with Crippen molar-refractivity contribution in [3.63, 3.8) is 0 Å². The number of β-amino-alcohol motifs (C(OH)–C–C–N with tert-alkyl or cyclic N) is 1. The van der Waals surface area contributed by atoms with Gasteiger partial charge in [-0.15, -0.1) is 0 Å². The fourth-order valence-corrected chi connectivity index (χ4v) is 3.27. The number of aliphatic hydroxyl groups is 1. The summed E-state index contributed by atoms with van der Waals surface area (Å²) in [5.41, 5.74) is 1.06. The number of hydrogen-bond donors (Lipinski definition) is 1. The molecule has 1 aromatic heterocycles. The molecule has 1 aliphatic rings. The van der Waals surface area contributed by atoms with Gasteiger partial charge in [-0.25, -0.2) is 0 Å². The van der Waals surface area contributed by atoms with Crippen molar-refractivity contribution in [1.29, 1.82) is 0 Å². The molecule has 1 N–H and O–H groups in total. The summed E-state index contributed by atoms with van der Waals surface area (Å²) in [6, 6.07) is 8.92. The van der Waals surface area contributed by atoms with E-state index in [0.29, 0.717) is 25.2 Å². The van der Waals surface area contributed by atoms with Crippen molar-refractivity contribution < 1.29 is 9.90 Å². The number of piperazine rings is 1. The molecule has 6 nitrogen and oxygen atoms in total. The molecule has 2 heterocycles. The number of para-hydroxylation sites is 1. The van der Waals surface area contributed by atoms with Crippen molar-refractivity contribution in [2.24, 2.45) is 7.05 Å². The van der Waals surface area contributed by atoms with Crippen LogP contribution in [0, 0.1) is 0 Å². The maximum absolute atomic E-state index is 12.9. The second-order valence-electron chi connectivity index (χ2n) is 6.41. The quantitative estimate of drug-likeness (QED) is 0.899. The van der Waals surface area contributed by atoms with Crippen molar-refractivity contribution in [2.75, 3.05) is 32.7 Å². The van der Waals surface area contributed by atoms with E-state index in [9.17, 15) is 14.7 Å². The summed E-state index contributed by atoms with van der Waals surface area (Å²) in [5.74, 6) is -0.0967. The van der Waals surface area contributed by atoms with Crippen LogP contribution in [0.5, 0.6) is 0 Å². The van der Waals surface area contributed by atoms with Gasteiger partial charge >= 0.3 is 0 Å². The molecule has 1 fully saturated rings. The predicted octanol–water partition coefficient (Wildman–Crippen LogP) is 0.677. The fraction of sp³-hybridized carbons (Fsp3) is 0.444. The van der Waals surface area contributed by atoms with Crippen LogP contribution in [0.15, 0.2) is 35.1 Å². The molecule has 0 saturated carbocycles. The lowest BCUT2D eigenvalue weighted by atomic mass is 10.1. The summed E-state index contributed by atoms with van der Waals surface area (Å²) >= 11 is 0. The number of amides is 1. The van der Waals surface area contributed by atoms with Crippen molar-refractivity contribution >= 4 is 16.8 Å². The number of aryl methyl sites for hydroxylation is 1. The van der Waals surface area contributed by atoms with E-state index in [1.165, 1.54) is 6.07 Å². The van der Waals surface area contributed by atoms with Crippen molar-refractivity contribution in [2.45, 2.75) is 13.0 Å². The van der Waals surface area contributed by atoms with E-state index in [1.54, 1.807) is 23.4 Å². The van der Waals surface area contributed by atoms with E-state index >= 15 is 0 Å². The van der Waals surface area contributed by atoms with Gasteiger partial charge in [-0.1, -0.05) is 18.2 Å².